The molecule has 0 heteroatoms. The van der Waals surface area contributed by atoms with E-state index in [1.54, 1.807) is 89.9 Å². The van der Waals surface area contributed by atoms with Gasteiger partial charge < -0.3 is 0 Å². The molecule has 0 amide bonds. The molecule has 12 aliphatic carbocycles. The topological polar surface area (TPSA) is 0 Å². The first-order chi connectivity index (χ1) is 54.5. The highest BCUT2D eigenvalue weighted by Gasteiger charge is 2.37. The highest BCUT2D eigenvalue weighted by atomic mass is 14.4. The predicted octanol–water partition coefficient (Wildman–Crippen LogP) is 40.0. The van der Waals surface area contributed by atoms with Crippen molar-refractivity contribution in [1.29, 1.82) is 0 Å². The van der Waals surface area contributed by atoms with Crippen LogP contribution >= 0.6 is 0 Å². The highest BCUT2D eigenvalue weighted by Crippen LogP contribution is 2.50. The van der Waals surface area contributed by atoms with Gasteiger partial charge in [-0.15, -0.1) is 19.7 Å². The van der Waals surface area contributed by atoms with Crippen LogP contribution in [0.2, 0.25) is 0 Å². The Kier molecular flexibility index (Phi) is 51.5. The molecule has 0 saturated heterocycles. The van der Waals surface area contributed by atoms with Crippen LogP contribution in [0.5, 0.6) is 0 Å². The lowest BCUT2D eigenvalue weighted by Gasteiger charge is -2.38. The lowest BCUT2D eigenvalue weighted by molar-refractivity contribution is 0.141. The molecule has 12 rings (SSSR count). The van der Waals surface area contributed by atoms with E-state index in [1.807, 2.05) is 0 Å². The van der Waals surface area contributed by atoms with Crippen molar-refractivity contribution in [3.63, 3.8) is 0 Å². The molecule has 0 aromatic carbocycles. The van der Waals surface area contributed by atoms with E-state index in [-0.39, 0.29) is 17.1 Å². The van der Waals surface area contributed by atoms with Crippen molar-refractivity contribution in [1.82, 2.24) is 0 Å². The van der Waals surface area contributed by atoms with Crippen LogP contribution in [0.3, 0.4) is 0 Å². The minimum absolute atomic E-state index is 0. The summed E-state index contributed by atoms with van der Waals surface area (Å²) in [6.07, 6.45) is 119. The van der Waals surface area contributed by atoms with Crippen LogP contribution in [-0.2, 0) is 0 Å². The molecule has 0 nitrogen and oxygen atoms in total. The third-order valence-electron chi connectivity index (χ3n) is 34.7. The third-order valence-corrected chi connectivity index (χ3v) is 34.7. The number of hydrogen-bond donors (Lipinski definition) is 0. The van der Waals surface area contributed by atoms with Crippen molar-refractivity contribution in [2.24, 2.45) is 142 Å². The van der Waals surface area contributed by atoms with Gasteiger partial charge in [-0.05, 0) is 394 Å². The number of allylic oxidation sites excluding steroid dienone is 9. The summed E-state index contributed by atoms with van der Waals surface area (Å²) in [4.78, 5) is 0. The molecule has 0 radical (unpaired) electrons. The summed E-state index contributed by atoms with van der Waals surface area (Å²) >= 11 is 0. The van der Waals surface area contributed by atoms with Gasteiger partial charge in [0.05, 0.1) is 0 Å². The highest BCUT2D eigenvalue weighted by molar-refractivity contribution is 4.95. The molecule has 0 aromatic heterocycles. The molecule has 0 spiro atoms. The van der Waals surface area contributed by atoms with Gasteiger partial charge in [-0.1, -0.05) is 289 Å². The summed E-state index contributed by atoms with van der Waals surface area (Å²) in [7, 11) is 0. The van der Waals surface area contributed by atoms with Gasteiger partial charge in [0.25, 0.3) is 0 Å². The second kappa shape index (κ2) is 59.2. The van der Waals surface area contributed by atoms with E-state index in [9.17, 15) is 0 Å². The Morgan fingerprint density at radius 3 is 0.514 bits per heavy atom. The summed E-state index contributed by atoms with van der Waals surface area (Å²) in [6.45, 7) is 32.2. The number of unbranched alkanes of at least 4 members (excludes halogenated alkanes) is 2. The predicted molar refractivity (Wildman–Crippen MR) is 523 cm³/mol. The first kappa shape index (κ1) is 96.6. The minimum atomic E-state index is 0. The smallest absolute Gasteiger partial charge is 0 e. The van der Waals surface area contributed by atoms with Gasteiger partial charge in [0.1, 0.15) is 0 Å². The van der Waals surface area contributed by atoms with Crippen LogP contribution in [0.4, 0.5) is 0 Å². The first-order valence-corrected chi connectivity index (χ1v) is 52.2. The molecular weight excluding hydrogens is 1330 g/mol. The average Bonchev–Trinajstić information content (AvgIpc) is 0.889. The van der Waals surface area contributed by atoms with E-state index >= 15 is 0 Å². The zero-order chi connectivity index (χ0) is 78.9. The van der Waals surface area contributed by atoms with Crippen LogP contribution < -0.4 is 0 Å². The van der Waals surface area contributed by atoms with E-state index in [0.717, 1.165) is 142 Å². The van der Waals surface area contributed by atoms with Crippen molar-refractivity contribution in [3.8, 4) is 0 Å². The molecule has 0 heterocycles. The normalized spacial score (nSPS) is 37.1. The van der Waals surface area contributed by atoms with Crippen molar-refractivity contribution in [2.75, 3.05) is 0 Å². The van der Waals surface area contributed by atoms with E-state index < -0.39 is 0 Å². The van der Waals surface area contributed by atoms with Gasteiger partial charge >= 0.3 is 0 Å². The SMILES string of the molecule is C/C=C/C1CCC(C2CCC(CC)CC2)CC1.C/C=C/C1CCC(C2CCC(CCC)CC2)CC1.C/C=C/C1CCC(C2CCC(CCCC)CC2)CC1.C=CCCC1CCC(C2CCC(CC)CC2)CC1.C=CCCC1CCC(C2CCC(CCC)CC2)CC1.C=CCCC1CCC(C2CCC(CCCC)CC2)CC1.[HH].[HH].[HH].[HH].[HH].[HH].[HH].[HH].[HH].[HH].[HH].[HH]. The fourth-order valence-electron chi connectivity index (χ4n) is 26.9. The molecule has 12 aliphatic rings. The van der Waals surface area contributed by atoms with Crippen molar-refractivity contribution >= 4 is 0 Å². The maximum Gasteiger partial charge on any atom is 0 e. The maximum atomic E-state index is 3.86. The van der Waals surface area contributed by atoms with Gasteiger partial charge in [-0.2, -0.15) is 0 Å². The molecular formula is C111H222. The zero-order valence-electron chi connectivity index (χ0n) is 76.8. The van der Waals surface area contributed by atoms with E-state index in [1.165, 1.54) is 334 Å². The first-order valence-electron chi connectivity index (χ1n) is 52.2. The maximum absolute atomic E-state index is 3.86. The molecule has 12 saturated carbocycles. The van der Waals surface area contributed by atoms with Crippen LogP contribution in [0, 0.1) is 142 Å². The minimum Gasteiger partial charge on any atom is -0.103 e. The van der Waals surface area contributed by atoms with Crippen molar-refractivity contribution in [3.05, 3.63) is 74.4 Å². The third kappa shape index (κ3) is 37.3. The summed E-state index contributed by atoms with van der Waals surface area (Å²) < 4.78 is 0. The molecule has 0 unspecified atom stereocenters. The lowest BCUT2D eigenvalue weighted by atomic mass is 9.68. The fraction of sp³-hybridized carbons (Fsp3) is 0.892. The Labute approximate surface area is 716 Å². The van der Waals surface area contributed by atoms with Crippen molar-refractivity contribution < 1.29 is 17.1 Å². The number of rotatable bonds is 30. The quantitative estimate of drug-likeness (QED) is 0.0629. The molecule has 111 heavy (non-hydrogen) atoms. The number of hydrogen-bond acceptors (Lipinski definition) is 0. The zero-order valence-corrected chi connectivity index (χ0v) is 76.8. The molecule has 0 atom stereocenters. The molecule has 666 valence electrons. The molecule has 0 bridgehead atoms. The van der Waals surface area contributed by atoms with Crippen LogP contribution in [0.15, 0.2) is 74.4 Å². The fourth-order valence-corrected chi connectivity index (χ4v) is 26.9. The molecule has 0 aromatic rings. The Balaban J connectivity index is -0.000000328. The Hall–Kier alpha value is -1.56. The monoisotopic (exact) mass is 1560 g/mol. The summed E-state index contributed by atoms with van der Waals surface area (Å²) in [5.41, 5.74) is 0. The summed E-state index contributed by atoms with van der Waals surface area (Å²) in [6, 6.07) is 0. The Bertz CT molecular complexity index is 2320. The lowest BCUT2D eigenvalue weighted by Crippen LogP contribution is -2.25. The van der Waals surface area contributed by atoms with Gasteiger partial charge in [0.15, 0.2) is 0 Å². The standard InChI is InChI=1S/C20H36.2C19H34.2C18H32.C17H30.12H2/c1-3-5-7-17-9-13-19(14-10-17)20-15-11-18(12-16-20)8-6-4-2;2*1-3-5-7-17-10-14-19(15-11-17)18-12-8-16(6-4-2)9-13-18;1-3-5-6-16-9-13-18(14-10-16)17-11-7-15(4-2)8-12-17;1-3-5-15-7-11-17(12-8-15)18-13-9-16(6-4-2)10-14-18;1-3-5-15-8-12-17(13-9-15)16-10-6-14(4-2)7-11-16;;;;;;;;;;;;/h3,17-20H,1,4-16H2,2H3;4,6,16-19H,3,5,7-15H2,1-2H3;3,16-19H,1,4-15H2,2H3;3,15-18H,1,4-14H2,2H3;3,5,15-18H,4,6-14H2,1-2H3;3,5,14-17H,4,6-13H2,1-2H3;12*1H/b;6-4+;;;2*5-3+;;;;;;;;;;;;. The van der Waals surface area contributed by atoms with Gasteiger partial charge in [0, 0.05) is 17.1 Å². The van der Waals surface area contributed by atoms with Gasteiger partial charge in [0.2, 0.25) is 0 Å². The molecule has 0 aliphatic heterocycles. The Morgan fingerprint density at radius 1 is 0.198 bits per heavy atom. The van der Waals surface area contributed by atoms with Crippen molar-refractivity contribution in [2.45, 2.75) is 486 Å². The van der Waals surface area contributed by atoms with Crippen LogP contribution in [0.25, 0.3) is 0 Å². The largest absolute Gasteiger partial charge is 0.103 e. The van der Waals surface area contributed by atoms with Crippen LogP contribution in [-0.4, -0.2) is 0 Å². The van der Waals surface area contributed by atoms with Gasteiger partial charge in [-0.25, -0.2) is 0 Å². The molecule has 0 N–H and O–H groups in total. The summed E-state index contributed by atoms with van der Waals surface area (Å²) in [5, 5.41) is 0. The van der Waals surface area contributed by atoms with Crippen LogP contribution in [0.1, 0.15) is 503 Å². The summed E-state index contributed by atoms with van der Waals surface area (Å²) in [5.74, 6) is 25.2. The van der Waals surface area contributed by atoms with E-state index in [2.05, 4.69) is 137 Å². The van der Waals surface area contributed by atoms with E-state index in [4.69, 9.17) is 0 Å². The molecule has 12 fully saturated rings. The van der Waals surface area contributed by atoms with Gasteiger partial charge in [-0.3, -0.25) is 0 Å². The van der Waals surface area contributed by atoms with E-state index in [0.29, 0.717) is 0 Å². The second-order valence-electron chi connectivity index (χ2n) is 41.9. The average molecular weight is 1560 g/mol. The Morgan fingerprint density at radius 2 is 0.360 bits per heavy atom. The second-order valence-corrected chi connectivity index (χ2v) is 41.9.